The molecule has 1 aliphatic carbocycles. The fourth-order valence-electron chi connectivity index (χ4n) is 2.35. The van der Waals surface area contributed by atoms with Gasteiger partial charge in [0.2, 0.25) is 6.41 Å². The average molecular weight is 189 g/mol. The molecule has 1 aliphatic rings. The van der Waals surface area contributed by atoms with Crippen LogP contribution in [0.3, 0.4) is 0 Å². The van der Waals surface area contributed by atoms with Crippen LogP contribution < -0.4 is 5.32 Å². The van der Waals surface area contributed by atoms with Gasteiger partial charge in [-0.1, -0.05) is 36.8 Å². The summed E-state index contributed by atoms with van der Waals surface area (Å²) in [5.41, 5.74) is 1.35. The number of amides is 1. The SMILES string of the molecule is O=CNC1CCCC1c1ccccc1. The van der Waals surface area contributed by atoms with Crippen LogP contribution in [0, 0.1) is 0 Å². The molecule has 1 aromatic rings. The van der Waals surface area contributed by atoms with E-state index in [-0.39, 0.29) is 0 Å². The third-order valence-electron chi connectivity index (χ3n) is 3.03. The number of rotatable bonds is 3. The lowest BCUT2D eigenvalue weighted by Gasteiger charge is -2.18. The molecule has 1 amide bonds. The predicted molar refractivity (Wildman–Crippen MR) is 56.0 cm³/mol. The molecule has 74 valence electrons. The van der Waals surface area contributed by atoms with Crippen molar-refractivity contribution in [2.24, 2.45) is 0 Å². The lowest BCUT2D eigenvalue weighted by atomic mass is 9.94. The summed E-state index contributed by atoms with van der Waals surface area (Å²) in [7, 11) is 0. The second-order valence-electron chi connectivity index (χ2n) is 3.84. The van der Waals surface area contributed by atoms with Crippen LogP contribution in [-0.2, 0) is 4.79 Å². The summed E-state index contributed by atoms with van der Waals surface area (Å²) in [4.78, 5) is 10.4. The molecule has 0 aliphatic heterocycles. The minimum absolute atomic E-state index is 0.342. The maximum atomic E-state index is 10.4. The van der Waals surface area contributed by atoms with Crippen molar-refractivity contribution in [3.05, 3.63) is 35.9 Å². The lowest BCUT2D eigenvalue weighted by molar-refractivity contribution is -0.110. The van der Waals surface area contributed by atoms with E-state index in [1.165, 1.54) is 18.4 Å². The van der Waals surface area contributed by atoms with Crippen LogP contribution in [0.2, 0.25) is 0 Å². The molecule has 2 heteroatoms. The van der Waals surface area contributed by atoms with Crippen molar-refractivity contribution in [2.45, 2.75) is 31.2 Å². The molecular formula is C12H15NO. The Kier molecular flexibility index (Phi) is 2.82. The second kappa shape index (κ2) is 4.27. The van der Waals surface area contributed by atoms with E-state index in [9.17, 15) is 4.79 Å². The van der Waals surface area contributed by atoms with Gasteiger partial charge in [-0.05, 0) is 18.4 Å². The van der Waals surface area contributed by atoms with Crippen LogP contribution >= 0.6 is 0 Å². The van der Waals surface area contributed by atoms with Crippen LogP contribution in [0.1, 0.15) is 30.7 Å². The Balaban J connectivity index is 2.13. The quantitative estimate of drug-likeness (QED) is 0.724. The number of hydrogen-bond acceptors (Lipinski definition) is 1. The molecule has 0 aromatic heterocycles. The van der Waals surface area contributed by atoms with E-state index in [0.29, 0.717) is 12.0 Å². The fraction of sp³-hybridized carbons (Fsp3) is 0.417. The van der Waals surface area contributed by atoms with Crippen molar-refractivity contribution < 1.29 is 4.79 Å². The van der Waals surface area contributed by atoms with Gasteiger partial charge in [-0.3, -0.25) is 4.79 Å². The van der Waals surface area contributed by atoms with Crippen LogP contribution in [0.25, 0.3) is 0 Å². The first-order valence-corrected chi connectivity index (χ1v) is 5.16. The van der Waals surface area contributed by atoms with Gasteiger partial charge in [-0.25, -0.2) is 0 Å². The van der Waals surface area contributed by atoms with E-state index in [0.717, 1.165) is 12.8 Å². The highest BCUT2D eigenvalue weighted by Crippen LogP contribution is 2.34. The summed E-state index contributed by atoms with van der Waals surface area (Å²) in [5, 5.41) is 2.91. The van der Waals surface area contributed by atoms with Crippen molar-refractivity contribution in [3.8, 4) is 0 Å². The first-order valence-electron chi connectivity index (χ1n) is 5.16. The Bertz CT molecular complexity index is 296. The van der Waals surface area contributed by atoms with Gasteiger partial charge >= 0.3 is 0 Å². The fourth-order valence-corrected chi connectivity index (χ4v) is 2.35. The zero-order valence-electron chi connectivity index (χ0n) is 8.15. The van der Waals surface area contributed by atoms with E-state index >= 15 is 0 Å². The summed E-state index contributed by atoms with van der Waals surface area (Å²) < 4.78 is 0. The van der Waals surface area contributed by atoms with E-state index in [1.54, 1.807) is 0 Å². The molecule has 2 rings (SSSR count). The topological polar surface area (TPSA) is 29.1 Å². The molecular weight excluding hydrogens is 174 g/mol. The normalized spacial score (nSPS) is 26.0. The minimum atomic E-state index is 0.342. The highest BCUT2D eigenvalue weighted by molar-refractivity contribution is 5.47. The van der Waals surface area contributed by atoms with Gasteiger partial charge < -0.3 is 5.32 Å². The van der Waals surface area contributed by atoms with Crippen LogP contribution in [0.15, 0.2) is 30.3 Å². The van der Waals surface area contributed by atoms with Gasteiger partial charge in [0, 0.05) is 12.0 Å². The lowest BCUT2D eigenvalue weighted by Crippen LogP contribution is -2.29. The summed E-state index contributed by atoms with van der Waals surface area (Å²) >= 11 is 0. The van der Waals surface area contributed by atoms with Gasteiger partial charge in [-0.15, -0.1) is 0 Å². The Morgan fingerprint density at radius 1 is 1.21 bits per heavy atom. The number of carbonyl (C=O) groups is 1. The summed E-state index contributed by atoms with van der Waals surface area (Å²) in [5.74, 6) is 0.515. The molecule has 2 nitrogen and oxygen atoms in total. The van der Waals surface area contributed by atoms with Crippen molar-refractivity contribution in [1.29, 1.82) is 0 Å². The maximum absolute atomic E-state index is 10.4. The zero-order valence-corrected chi connectivity index (χ0v) is 8.15. The van der Waals surface area contributed by atoms with Crippen LogP contribution in [0.4, 0.5) is 0 Å². The molecule has 0 heterocycles. The third kappa shape index (κ3) is 1.79. The molecule has 0 spiro atoms. The number of carbonyl (C=O) groups excluding carboxylic acids is 1. The third-order valence-corrected chi connectivity index (χ3v) is 3.03. The molecule has 0 saturated heterocycles. The monoisotopic (exact) mass is 189 g/mol. The van der Waals surface area contributed by atoms with Gasteiger partial charge in [-0.2, -0.15) is 0 Å². The number of hydrogen-bond donors (Lipinski definition) is 1. The molecule has 1 fully saturated rings. The Labute approximate surface area is 84.3 Å². The number of nitrogens with one attached hydrogen (secondary N) is 1. The minimum Gasteiger partial charge on any atom is -0.355 e. The Morgan fingerprint density at radius 3 is 2.71 bits per heavy atom. The van der Waals surface area contributed by atoms with E-state index in [2.05, 4.69) is 29.6 Å². The summed E-state index contributed by atoms with van der Waals surface area (Å²) in [6.45, 7) is 0. The first-order chi connectivity index (χ1) is 6.92. The van der Waals surface area contributed by atoms with Crippen LogP contribution in [-0.4, -0.2) is 12.5 Å². The predicted octanol–water partition coefficient (Wildman–Crippen LogP) is 2.07. The van der Waals surface area contributed by atoms with Crippen molar-refractivity contribution in [1.82, 2.24) is 5.32 Å². The zero-order chi connectivity index (χ0) is 9.80. The molecule has 2 atom stereocenters. The van der Waals surface area contributed by atoms with E-state index < -0.39 is 0 Å². The molecule has 0 bridgehead atoms. The summed E-state index contributed by atoms with van der Waals surface area (Å²) in [6.07, 6.45) is 4.34. The standard InChI is InChI=1S/C12H15NO/c14-9-13-12-8-4-7-11(12)10-5-2-1-3-6-10/h1-3,5-6,9,11-12H,4,7-8H2,(H,13,14). The molecule has 1 aromatic carbocycles. The largest absolute Gasteiger partial charge is 0.355 e. The average Bonchev–Trinajstić information content (AvgIpc) is 2.68. The van der Waals surface area contributed by atoms with Gasteiger partial charge in [0.25, 0.3) is 0 Å². The smallest absolute Gasteiger partial charge is 0.207 e. The second-order valence-corrected chi connectivity index (χ2v) is 3.84. The van der Waals surface area contributed by atoms with Crippen molar-refractivity contribution in [2.75, 3.05) is 0 Å². The molecule has 1 N–H and O–H groups in total. The van der Waals surface area contributed by atoms with Crippen molar-refractivity contribution in [3.63, 3.8) is 0 Å². The highest BCUT2D eigenvalue weighted by atomic mass is 16.1. The van der Waals surface area contributed by atoms with Gasteiger partial charge in [0.15, 0.2) is 0 Å². The van der Waals surface area contributed by atoms with Gasteiger partial charge in [0.05, 0.1) is 0 Å². The highest BCUT2D eigenvalue weighted by Gasteiger charge is 2.27. The van der Waals surface area contributed by atoms with E-state index in [1.807, 2.05) is 6.07 Å². The van der Waals surface area contributed by atoms with E-state index in [4.69, 9.17) is 0 Å². The molecule has 14 heavy (non-hydrogen) atoms. The van der Waals surface area contributed by atoms with Crippen LogP contribution in [0.5, 0.6) is 0 Å². The maximum Gasteiger partial charge on any atom is 0.207 e. The molecule has 2 unspecified atom stereocenters. The van der Waals surface area contributed by atoms with Gasteiger partial charge in [0.1, 0.15) is 0 Å². The summed E-state index contributed by atoms with van der Waals surface area (Å²) in [6, 6.07) is 10.8. The Morgan fingerprint density at radius 2 is 2.00 bits per heavy atom. The molecule has 0 radical (unpaired) electrons. The molecule has 1 saturated carbocycles. The first kappa shape index (κ1) is 9.25. The van der Waals surface area contributed by atoms with Crippen molar-refractivity contribution >= 4 is 6.41 Å². The number of benzene rings is 1. The Hall–Kier alpha value is -1.31.